The molecule has 0 spiro atoms. The minimum absolute atomic E-state index is 0.0897. The third kappa shape index (κ3) is 4.02. The summed E-state index contributed by atoms with van der Waals surface area (Å²) in [5.41, 5.74) is 5.52. The molecule has 1 aromatic heterocycles. The van der Waals surface area contributed by atoms with Crippen molar-refractivity contribution in [1.82, 2.24) is 20.4 Å². The molecule has 0 bridgehead atoms. The number of aromatic nitrogens is 2. The Hall–Kier alpha value is -3.52. The third-order valence-electron chi connectivity index (χ3n) is 6.48. The van der Waals surface area contributed by atoms with Crippen molar-refractivity contribution in [1.29, 1.82) is 0 Å². The van der Waals surface area contributed by atoms with Crippen molar-refractivity contribution < 1.29 is 14.3 Å². The van der Waals surface area contributed by atoms with Crippen LogP contribution in [0.15, 0.2) is 42.7 Å². The van der Waals surface area contributed by atoms with E-state index in [1.54, 1.807) is 10.9 Å². The van der Waals surface area contributed by atoms with Gasteiger partial charge in [0.2, 0.25) is 6.79 Å². The number of anilines is 1. The zero-order valence-electron chi connectivity index (χ0n) is 19.4. The molecule has 8 heteroatoms. The zero-order chi connectivity index (χ0) is 23.1. The highest BCUT2D eigenvalue weighted by Gasteiger charge is 2.27. The Morgan fingerprint density at radius 1 is 1.21 bits per heavy atom. The van der Waals surface area contributed by atoms with Gasteiger partial charge in [-0.15, -0.1) is 0 Å². The molecule has 3 heterocycles. The molecule has 2 aromatic carbocycles. The molecule has 2 aliphatic heterocycles. The first-order valence-electron chi connectivity index (χ1n) is 11.2. The molecule has 8 nitrogen and oxygen atoms in total. The molecular formula is C25H29N5O3. The number of aryl methyl sites for hydroxylation is 2. The molecule has 1 saturated heterocycles. The summed E-state index contributed by atoms with van der Waals surface area (Å²) < 4.78 is 13.1. The molecule has 1 atom stereocenters. The molecule has 2 aliphatic rings. The van der Waals surface area contributed by atoms with Crippen molar-refractivity contribution in [2.24, 2.45) is 7.05 Å². The Bertz CT molecular complexity index is 1200. The predicted octanol–water partition coefficient (Wildman–Crippen LogP) is 3.02. The van der Waals surface area contributed by atoms with Crippen LogP contribution in [0, 0.1) is 6.92 Å². The van der Waals surface area contributed by atoms with Gasteiger partial charge in [-0.1, -0.05) is 6.07 Å². The van der Waals surface area contributed by atoms with E-state index < -0.39 is 0 Å². The number of carbonyl (C=O) groups excluding carboxylic acids is 1. The number of nitrogens with one attached hydrogen (secondary N) is 2. The van der Waals surface area contributed by atoms with Crippen molar-refractivity contribution in [2.45, 2.75) is 25.9 Å². The number of fused-ring (bicyclic) bond motifs is 1. The number of hydrogen-bond acceptors (Lipinski definition) is 6. The molecule has 172 valence electrons. The molecule has 2 N–H and O–H groups in total. The van der Waals surface area contributed by atoms with Gasteiger partial charge in [-0.25, -0.2) is 0 Å². The van der Waals surface area contributed by atoms with E-state index in [0.717, 1.165) is 41.0 Å². The van der Waals surface area contributed by atoms with Gasteiger partial charge in [0.1, 0.15) is 0 Å². The molecule has 3 aromatic rings. The molecular weight excluding hydrogens is 418 g/mol. The van der Waals surface area contributed by atoms with Crippen LogP contribution in [-0.4, -0.2) is 48.7 Å². The number of hydrogen-bond donors (Lipinski definition) is 2. The molecule has 33 heavy (non-hydrogen) atoms. The minimum atomic E-state index is -0.219. The van der Waals surface area contributed by atoms with E-state index in [1.807, 2.05) is 58.4 Å². The van der Waals surface area contributed by atoms with E-state index >= 15 is 0 Å². The topological polar surface area (TPSA) is 80.7 Å². The van der Waals surface area contributed by atoms with Gasteiger partial charge in [-0.05, 0) is 56.3 Å². The number of nitrogens with zero attached hydrogens (tertiary/aromatic N) is 3. The first-order valence-corrected chi connectivity index (χ1v) is 11.2. The average molecular weight is 448 g/mol. The highest BCUT2D eigenvalue weighted by Crippen LogP contribution is 2.43. The Kier molecular flexibility index (Phi) is 5.46. The van der Waals surface area contributed by atoms with Crippen LogP contribution in [0.4, 0.5) is 5.69 Å². The monoisotopic (exact) mass is 447 g/mol. The molecule has 1 fully saturated rings. The Balaban J connectivity index is 1.38. The molecule has 5 rings (SSSR count). The van der Waals surface area contributed by atoms with Crippen molar-refractivity contribution in [2.75, 3.05) is 31.8 Å². The molecule has 1 amide bonds. The SMILES string of the molecule is CNC1CN(c2ccc(C)c(C(=O)N[C@H](C)c3cc4c(c(-c5cnn(C)c5)c3)OCO4)c2)C1. The van der Waals surface area contributed by atoms with Crippen LogP contribution in [0.5, 0.6) is 11.5 Å². The largest absolute Gasteiger partial charge is 0.454 e. The van der Waals surface area contributed by atoms with Crippen molar-refractivity contribution >= 4 is 11.6 Å². The van der Waals surface area contributed by atoms with E-state index in [1.165, 1.54) is 0 Å². The maximum atomic E-state index is 13.2. The zero-order valence-corrected chi connectivity index (χ0v) is 19.4. The highest BCUT2D eigenvalue weighted by molar-refractivity contribution is 5.97. The fourth-order valence-corrected chi connectivity index (χ4v) is 4.34. The second-order valence-corrected chi connectivity index (χ2v) is 8.79. The van der Waals surface area contributed by atoms with E-state index in [0.29, 0.717) is 23.1 Å². The summed E-state index contributed by atoms with van der Waals surface area (Å²) in [4.78, 5) is 15.5. The lowest BCUT2D eigenvalue weighted by Gasteiger charge is -2.41. The normalized spacial score (nSPS) is 15.9. The van der Waals surface area contributed by atoms with Gasteiger partial charge in [-0.3, -0.25) is 9.48 Å². The number of benzene rings is 2. The summed E-state index contributed by atoms with van der Waals surface area (Å²) in [5, 5.41) is 10.7. The predicted molar refractivity (Wildman–Crippen MR) is 127 cm³/mol. The van der Waals surface area contributed by atoms with Crippen molar-refractivity contribution in [3.05, 3.63) is 59.4 Å². The van der Waals surface area contributed by atoms with Crippen LogP contribution in [0.1, 0.15) is 34.5 Å². The second kappa shape index (κ2) is 8.44. The van der Waals surface area contributed by atoms with E-state index in [4.69, 9.17) is 9.47 Å². The van der Waals surface area contributed by atoms with Crippen LogP contribution in [0.3, 0.4) is 0 Å². The molecule has 0 aliphatic carbocycles. The highest BCUT2D eigenvalue weighted by atomic mass is 16.7. The van der Waals surface area contributed by atoms with E-state index in [2.05, 4.69) is 26.7 Å². The van der Waals surface area contributed by atoms with Gasteiger partial charge in [0.05, 0.1) is 12.2 Å². The summed E-state index contributed by atoms with van der Waals surface area (Å²) in [6, 6.07) is 10.4. The fourth-order valence-electron chi connectivity index (χ4n) is 4.34. The number of ether oxygens (including phenoxy) is 2. The van der Waals surface area contributed by atoms with Gasteiger partial charge >= 0.3 is 0 Å². The summed E-state index contributed by atoms with van der Waals surface area (Å²) in [5.74, 6) is 1.30. The van der Waals surface area contributed by atoms with Crippen LogP contribution in [0.25, 0.3) is 11.1 Å². The summed E-state index contributed by atoms with van der Waals surface area (Å²) in [6.45, 7) is 6.03. The quantitative estimate of drug-likeness (QED) is 0.605. The van der Waals surface area contributed by atoms with Gasteiger partial charge in [0.25, 0.3) is 5.91 Å². The van der Waals surface area contributed by atoms with Gasteiger partial charge in [-0.2, -0.15) is 5.10 Å². The average Bonchev–Trinajstić information content (AvgIpc) is 3.42. The van der Waals surface area contributed by atoms with Crippen molar-refractivity contribution in [3.8, 4) is 22.6 Å². The lowest BCUT2D eigenvalue weighted by Crippen LogP contribution is -2.57. The summed E-state index contributed by atoms with van der Waals surface area (Å²) >= 11 is 0. The fraction of sp³-hybridized carbons (Fsp3) is 0.360. The lowest BCUT2D eigenvalue weighted by molar-refractivity contribution is 0.0939. The number of amides is 1. The van der Waals surface area contributed by atoms with E-state index in [9.17, 15) is 4.79 Å². The molecule has 0 saturated carbocycles. The summed E-state index contributed by atoms with van der Waals surface area (Å²) in [7, 11) is 3.86. The second-order valence-electron chi connectivity index (χ2n) is 8.79. The Morgan fingerprint density at radius 3 is 2.76 bits per heavy atom. The Labute approximate surface area is 193 Å². The lowest BCUT2D eigenvalue weighted by atomic mass is 9.99. The van der Waals surface area contributed by atoms with Gasteiger partial charge in [0.15, 0.2) is 11.5 Å². The van der Waals surface area contributed by atoms with Gasteiger partial charge < -0.3 is 25.0 Å². The smallest absolute Gasteiger partial charge is 0.252 e. The molecule has 0 unspecified atom stereocenters. The standard InChI is InChI=1S/C25H29N5O3/c1-15-5-6-20(30-12-19(13-30)26-3)9-21(15)25(31)28-16(2)17-7-22(18-10-27-29(4)11-18)24-23(8-17)32-14-33-24/h5-11,16,19,26H,12-14H2,1-4H3,(H,28,31)/t16-/m1/s1. The third-order valence-corrected chi connectivity index (χ3v) is 6.48. The van der Waals surface area contributed by atoms with Crippen LogP contribution >= 0.6 is 0 Å². The van der Waals surface area contributed by atoms with E-state index in [-0.39, 0.29) is 18.7 Å². The summed E-state index contributed by atoms with van der Waals surface area (Å²) in [6.07, 6.45) is 3.74. The first-order chi connectivity index (χ1) is 15.9. The maximum absolute atomic E-state index is 13.2. The van der Waals surface area contributed by atoms with Gasteiger partial charge in [0, 0.05) is 54.8 Å². The molecule has 0 radical (unpaired) electrons. The Morgan fingerprint density at radius 2 is 2.03 bits per heavy atom. The minimum Gasteiger partial charge on any atom is -0.454 e. The van der Waals surface area contributed by atoms with Crippen LogP contribution < -0.4 is 25.0 Å². The maximum Gasteiger partial charge on any atom is 0.252 e. The number of likely N-dealkylation sites (N-methyl/N-ethyl adjacent to an activating group) is 1. The first kappa shape index (κ1) is 21.3. The number of carbonyl (C=O) groups is 1. The van der Waals surface area contributed by atoms with Crippen LogP contribution in [-0.2, 0) is 7.05 Å². The van der Waals surface area contributed by atoms with Crippen molar-refractivity contribution in [3.63, 3.8) is 0 Å². The van der Waals surface area contributed by atoms with Crippen LogP contribution in [0.2, 0.25) is 0 Å². The number of rotatable bonds is 6.